The summed E-state index contributed by atoms with van der Waals surface area (Å²) in [6.07, 6.45) is 1.22. The summed E-state index contributed by atoms with van der Waals surface area (Å²) >= 11 is 13.5. The lowest BCUT2D eigenvalue weighted by Gasteiger charge is -2.34. The van der Waals surface area contributed by atoms with E-state index >= 15 is 4.79 Å². The monoisotopic (exact) mass is 755 g/mol. The van der Waals surface area contributed by atoms with E-state index in [1.165, 1.54) is 0 Å². The normalized spacial score (nSPS) is 14.5. The van der Waals surface area contributed by atoms with E-state index in [-0.39, 0.29) is 17.6 Å². The first-order valence-electron chi connectivity index (χ1n) is 17.8. The Morgan fingerprint density at radius 2 is 1.74 bits per heavy atom. The molecule has 276 valence electrons. The van der Waals surface area contributed by atoms with E-state index in [1.54, 1.807) is 22.6 Å². The third-order valence-electron chi connectivity index (χ3n) is 10.5. The van der Waals surface area contributed by atoms with Crippen molar-refractivity contribution in [3.63, 3.8) is 0 Å². The lowest BCUT2D eigenvalue weighted by molar-refractivity contribution is 0.0683. The van der Waals surface area contributed by atoms with Crippen LogP contribution < -0.4 is 9.64 Å². The van der Waals surface area contributed by atoms with Crippen LogP contribution >= 0.6 is 23.2 Å². The molecule has 0 saturated carbocycles. The van der Waals surface area contributed by atoms with Gasteiger partial charge >= 0.3 is 5.97 Å². The van der Waals surface area contributed by atoms with E-state index in [0.717, 1.165) is 66.4 Å². The summed E-state index contributed by atoms with van der Waals surface area (Å²) in [7, 11) is 3.51. The Morgan fingerprint density at radius 1 is 1.00 bits per heavy atom. The second-order valence-electron chi connectivity index (χ2n) is 14.0. The number of rotatable bonds is 11. The summed E-state index contributed by atoms with van der Waals surface area (Å²) in [6, 6.07) is 15.0. The van der Waals surface area contributed by atoms with E-state index in [0.29, 0.717) is 60.9 Å². The standard InChI is InChI=1S/C41H43Cl2N5O5/c1-22-18-27(19-23(2)37(22)43)53-16-9-10-28-29-13-14-31(42)36(35-25(4)44-45(6)26(35)5)38(29)48-24(3)21-47(40(49)39(28)48)33-12-8-11-32-30(33)20-34(41(50)51)46(32)15-17-52-7/h8,11-14,18-20,24H,9-10,15-17,21H2,1-7H3,(H,50,51)/t24-/m1/s1. The number of halogens is 2. The third-order valence-corrected chi connectivity index (χ3v) is 11.4. The minimum Gasteiger partial charge on any atom is -0.494 e. The van der Waals surface area contributed by atoms with Gasteiger partial charge in [0.2, 0.25) is 0 Å². The highest BCUT2D eigenvalue weighted by Gasteiger charge is 2.37. The van der Waals surface area contributed by atoms with Gasteiger partial charge in [0.1, 0.15) is 17.1 Å². The highest BCUT2D eigenvalue weighted by Crippen LogP contribution is 2.45. The maximum Gasteiger partial charge on any atom is 0.352 e. The van der Waals surface area contributed by atoms with Gasteiger partial charge in [0.05, 0.1) is 40.7 Å². The van der Waals surface area contributed by atoms with Gasteiger partial charge in [-0.2, -0.15) is 5.10 Å². The van der Waals surface area contributed by atoms with Gasteiger partial charge in [0.25, 0.3) is 5.91 Å². The molecule has 1 N–H and O–H groups in total. The van der Waals surface area contributed by atoms with Crippen molar-refractivity contribution in [2.75, 3.05) is 31.8 Å². The van der Waals surface area contributed by atoms with Gasteiger partial charge in [-0.05, 0) is 101 Å². The zero-order chi connectivity index (χ0) is 37.9. The first kappa shape index (κ1) is 36.6. The number of fused-ring (bicyclic) bond motifs is 4. The molecule has 1 atom stereocenters. The number of hydrogen-bond donors (Lipinski definition) is 1. The number of carbonyl (C=O) groups is 2. The number of carbonyl (C=O) groups excluding carboxylic acids is 1. The second-order valence-corrected chi connectivity index (χ2v) is 14.7. The molecule has 0 bridgehead atoms. The molecule has 0 aliphatic carbocycles. The number of hydrogen-bond acceptors (Lipinski definition) is 5. The lowest BCUT2D eigenvalue weighted by Crippen LogP contribution is -2.42. The van der Waals surface area contributed by atoms with E-state index in [1.807, 2.05) is 81.9 Å². The molecule has 0 spiro atoms. The third kappa shape index (κ3) is 6.16. The van der Waals surface area contributed by atoms with Crippen LogP contribution in [-0.4, -0.2) is 62.8 Å². The average molecular weight is 757 g/mol. The zero-order valence-electron chi connectivity index (χ0n) is 31.0. The molecule has 10 nitrogen and oxygen atoms in total. The number of benzene rings is 3. The van der Waals surface area contributed by atoms with Crippen molar-refractivity contribution in [3.8, 4) is 16.9 Å². The number of methoxy groups -OCH3 is 1. The molecule has 53 heavy (non-hydrogen) atoms. The molecule has 1 amide bonds. The number of anilines is 1. The molecule has 0 radical (unpaired) electrons. The number of ether oxygens (including phenoxy) is 2. The van der Waals surface area contributed by atoms with Crippen LogP contribution in [0.25, 0.3) is 32.9 Å². The summed E-state index contributed by atoms with van der Waals surface area (Å²) in [4.78, 5) is 29.3. The molecule has 1 aliphatic heterocycles. The fourth-order valence-electron chi connectivity index (χ4n) is 8.04. The molecule has 3 aromatic carbocycles. The first-order valence-corrected chi connectivity index (χ1v) is 18.5. The Morgan fingerprint density at radius 3 is 2.40 bits per heavy atom. The Kier molecular flexibility index (Phi) is 9.82. The largest absolute Gasteiger partial charge is 0.494 e. The van der Waals surface area contributed by atoms with Crippen molar-refractivity contribution in [1.82, 2.24) is 18.9 Å². The minimum atomic E-state index is -1.04. The molecule has 0 unspecified atom stereocenters. The molecular weight excluding hydrogens is 713 g/mol. The molecule has 0 fully saturated rings. The van der Waals surface area contributed by atoms with Crippen LogP contribution in [0.4, 0.5) is 5.69 Å². The Hall–Kier alpha value is -4.77. The fourth-order valence-corrected chi connectivity index (χ4v) is 8.40. The van der Waals surface area contributed by atoms with Gasteiger partial charge in [0, 0.05) is 65.9 Å². The van der Waals surface area contributed by atoms with Crippen molar-refractivity contribution in [3.05, 3.63) is 98.0 Å². The number of aryl methyl sites for hydroxylation is 5. The first-order chi connectivity index (χ1) is 25.3. The van der Waals surface area contributed by atoms with Crippen molar-refractivity contribution < 1.29 is 24.2 Å². The second kappa shape index (κ2) is 14.2. The summed E-state index contributed by atoms with van der Waals surface area (Å²) in [5.41, 5.74) is 9.51. The quantitative estimate of drug-likeness (QED) is 0.132. The Bertz CT molecular complexity index is 2420. The van der Waals surface area contributed by atoms with Crippen LogP contribution in [0.1, 0.15) is 68.4 Å². The summed E-state index contributed by atoms with van der Waals surface area (Å²) < 4.78 is 17.3. The number of carboxylic acids is 1. The van der Waals surface area contributed by atoms with Gasteiger partial charge in [0.15, 0.2) is 0 Å². The predicted molar refractivity (Wildman–Crippen MR) is 211 cm³/mol. The van der Waals surface area contributed by atoms with Gasteiger partial charge in [-0.15, -0.1) is 0 Å². The molecule has 1 aliphatic rings. The zero-order valence-corrected chi connectivity index (χ0v) is 32.5. The van der Waals surface area contributed by atoms with Gasteiger partial charge in [-0.1, -0.05) is 35.3 Å². The highest BCUT2D eigenvalue weighted by atomic mass is 35.5. The smallest absolute Gasteiger partial charge is 0.352 e. The van der Waals surface area contributed by atoms with E-state index in [4.69, 9.17) is 37.8 Å². The van der Waals surface area contributed by atoms with Gasteiger partial charge < -0.3 is 28.6 Å². The van der Waals surface area contributed by atoms with Crippen molar-refractivity contribution >= 4 is 62.6 Å². The predicted octanol–water partition coefficient (Wildman–Crippen LogP) is 9.11. The summed E-state index contributed by atoms with van der Waals surface area (Å²) in [6.45, 7) is 11.6. The summed E-state index contributed by atoms with van der Waals surface area (Å²) in [5.74, 6) is -0.442. The summed E-state index contributed by atoms with van der Waals surface area (Å²) in [5, 5.41) is 17.8. The van der Waals surface area contributed by atoms with Crippen molar-refractivity contribution in [2.24, 2.45) is 7.05 Å². The molecule has 4 heterocycles. The van der Waals surface area contributed by atoms with Gasteiger partial charge in [-0.3, -0.25) is 9.48 Å². The Balaban J connectivity index is 1.37. The molecule has 7 rings (SSSR count). The van der Waals surface area contributed by atoms with Crippen molar-refractivity contribution in [2.45, 2.75) is 60.0 Å². The van der Waals surface area contributed by atoms with Crippen LogP contribution in [0.5, 0.6) is 5.75 Å². The van der Waals surface area contributed by atoms with Crippen molar-refractivity contribution in [1.29, 1.82) is 0 Å². The molecule has 12 heteroatoms. The molecular formula is C41H43Cl2N5O5. The van der Waals surface area contributed by atoms with E-state index in [9.17, 15) is 9.90 Å². The number of amides is 1. The van der Waals surface area contributed by atoms with Crippen LogP contribution in [0.15, 0.2) is 48.5 Å². The number of carboxylic acid groups (broad SMARTS) is 1. The van der Waals surface area contributed by atoms with Gasteiger partial charge in [-0.25, -0.2) is 4.79 Å². The van der Waals surface area contributed by atoms with Crippen LogP contribution in [0, 0.1) is 27.7 Å². The van der Waals surface area contributed by atoms with Crippen LogP contribution in [0.2, 0.25) is 10.0 Å². The molecule has 0 saturated heterocycles. The van der Waals surface area contributed by atoms with Crippen LogP contribution in [0.3, 0.4) is 0 Å². The van der Waals surface area contributed by atoms with Crippen LogP contribution in [-0.2, 0) is 24.8 Å². The fraction of sp³-hybridized carbons (Fsp3) is 0.341. The maximum atomic E-state index is 15.1. The topological polar surface area (TPSA) is 104 Å². The Labute approximate surface area is 318 Å². The number of aromatic carboxylic acids is 1. The van der Waals surface area contributed by atoms with E-state index in [2.05, 4.69) is 11.5 Å². The number of aromatic nitrogens is 4. The molecule has 3 aromatic heterocycles. The maximum absolute atomic E-state index is 15.1. The highest BCUT2D eigenvalue weighted by molar-refractivity contribution is 6.35. The average Bonchev–Trinajstić information content (AvgIpc) is 3.75. The lowest BCUT2D eigenvalue weighted by atomic mass is 9.98. The molecule has 6 aromatic rings. The SMILES string of the molecule is COCCn1c(C(=O)O)cc2c(N3C[C@@H](C)n4c(c(CCCOc5cc(C)c(Cl)c(C)c5)c5ccc(Cl)c(-c6c(C)nn(C)c6C)c54)C3=O)cccc21. The minimum absolute atomic E-state index is 0.143. The number of nitrogens with zero attached hydrogens (tertiary/aromatic N) is 5. The van der Waals surface area contributed by atoms with E-state index < -0.39 is 5.97 Å².